The number of nitrogens with two attached hydrogens (primary N) is 1. The van der Waals surface area contributed by atoms with Crippen LogP contribution in [0.25, 0.3) is 16.7 Å². The van der Waals surface area contributed by atoms with E-state index in [0.717, 1.165) is 17.0 Å². The van der Waals surface area contributed by atoms with Gasteiger partial charge >= 0.3 is 0 Å². The summed E-state index contributed by atoms with van der Waals surface area (Å²) in [4.78, 5) is 4.21. The average molecular weight is 271 g/mol. The van der Waals surface area contributed by atoms with E-state index in [1.807, 2.05) is 24.3 Å². The van der Waals surface area contributed by atoms with E-state index >= 15 is 0 Å². The van der Waals surface area contributed by atoms with Crippen molar-refractivity contribution in [3.8, 4) is 11.4 Å². The van der Waals surface area contributed by atoms with E-state index in [-0.39, 0.29) is 5.82 Å². The summed E-state index contributed by atoms with van der Waals surface area (Å²) in [5.74, 6) is 0.758. The predicted molar refractivity (Wildman–Crippen MR) is 76.7 cm³/mol. The summed E-state index contributed by atoms with van der Waals surface area (Å²) in [6.07, 6.45) is 0. The van der Waals surface area contributed by atoms with Gasteiger partial charge in [-0.25, -0.2) is 9.37 Å². The molecule has 3 aromatic rings. The first kappa shape index (κ1) is 12.5. The van der Waals surface area contributed by atoms with Gasteiger partial charge in [0.05, 0.1) is 23.8 Å². The Kier molecular flexibility index (Phi) is 2.82. The monoisotopic (exact) mass is 271 g/mol. The van der Waals surface area contributed by atoms with Crippen molar-refractivity contribution in [1.29, 1.82) is 0 Å². The fourth-order valence-corrected chi connectivity index (χ4v) is 2.24. The van der Waals surface area contributed by atoms with Crippen molar-refractivity contribution in [3.63, 3.8) is 0 Å². The molecule has 2 N–H and O–H groups in total. The quantitative estimate of drug-likeness (QED) is 0.779. The van der Waals surface area contributed by atoms with Crippen molar-refractivity contribution < 1.29 is 9.13 Å². The van der Waals surface area contributed by atoms with Gasteiger partial charge < -0.3 is 10.5 Å². The maximum Gasteiger partial charge on any atom is 0.205 e. The molecular formula is C15H14FN3O. The van der Waals surface area contributed by atoms with Crippen LogP contribution >= 0.6 is 0 Å². The molecule has 0 spiro atoms. The molecule has 0 unspecified atom stereocenters. The lowest BCUT2D eigenvalue weighted by atomic mass is 10.2. The number of nitrogen functional groups attached to an aromatic ring is 1. The Balaban J connectivity index is 2.29. The first-order chi connectivity index (χ1) is 9.60. The predicted octanol–water partition coefficient (Wildman–Crippen LogP) is 3.06. The van der Waals surface area contributed by atoms with Crippen LogP contribution in [0.3, 0.4) is 0 Å². The number of nitrogens with zero attached hydrogens (tertiary/aromatic N) is 2. The van der Waals surface area contributed by atoms with E-state index in [4.69, 9.17) is 10.5 Å². The van der Waals surface area contributed by atoms with Crippen LogP contribution < -0.4 is 10.5 Å². The van der Waals surface area contributed by atoms with Gasteiger partial charge in [-0.3, -0.25) is 4.57 Å². The Bertz CT molecular complexity index is 795. The zero-order valence-electron chi connectivity index (χ0n) is 11.2. The van der Waals surface area contributed by atoms with E-state index < -0.39 is 0 Å². The van der Waals surface area contributed by atoms with Gasteiger partial charge in [0.2, 0.25) is 5.95 Å². The molecular weight excluding hydrogens is 257 g/mol. The molecule has 4 nitrogen and oxygen atoms in total. The first-order valence-electron chi connectivity index (χ1n) is 6.18. The van der Waals surface area contributed by atoms with Gasteiger partial charge in [-0.1, -0.05) is 6.07 Å². The van der Waals surface area contributed by atoms with Crippen LogP contribution in [0.4, 0.5) is 10.3 Å². The fourth-order valence-electron chi connectivity index (χ4n) is 2.24. The SMILES string of the molecule is COc1cccc(-n2c(N)nc3cc(F)c(C)cc32)c1. The number of rotatable bonds is 2. The smallest absolute Gasteiger partial charge is 0.205 e. The molecule has 0 aliphatic carbocycles. The highest BCUT2D eigenvalue weighted by Crippen LogP contribution is 2.27. The molecule has 102 valence electrons. The van der Waals surface area contributed by atoms with Crippen LogP contribution in [0.5, 0.6) is 5.75 Å². The van der Waals surface area contributed by atoms with Crippen LogP contribution in [-0.2, 0) is 0 Å². The number of imidazole rings is 1. The minimum absolute atomic E-state index is 0.284. The highest BCUT2D eigenvalue weighted by molar-refractivity contribution is 5.81. The molecule has 0 bridgehead atoms. The second kappa shape index (κ2) is 4.52. The average Bonchev–Trinajstić information content (AvgIpc) is 2.74. The fraction of sp³-hybridized carbons (Fsp3) is 0.133. The van der Waals surface area contributed by atoms with Crippen molar-refractivity contribution in [1.82, 2.24) is 9.55 Å². The number of fused-ring (bicyclic) bond motifs is 1. The van der Waals surface area contributed by atoms with Gasteiger partial charge in [0.1, 0.15) is 11.6 Å². The van der Waals surface area contributed by atoms with Crippen molar-refractivity contribution >= 4 is 17.0 Å². The molecule has 2 aromatic carbocycles. The van der Waals surface area contributed by atoms with E-state index in [9.17, 15) is 4.39 Å². The summed E-state index contributed by atoms with van der Waals surface area (Å²) >= 11 is 0. The van der Waals surface area contributed by atoms with Crippen LogP contribution in [0.15, 0.2) is 36.4 Å². The van der Waals surface area contributed by atoms with Crippen molar-refractivity contribution in [2.45, 2.75) is 6.92 Å². The van der Waals surface area contributed by atoms with Crippen molar-refractivity contribution in [2.75, 3.05) is 12.8 Å². The number of benzene rings is 2. The number of anilines is 1. The molecule has 3 rings (SSSR count). The number of aromatic nitrogens is 2. The Hall–Kier alpha value is -2.56. The molecule has 0 saturated heterocycles. The van der Waals surface area contributed by atoms with Crippen LogP contribution in [0.1, 0.15) is 5.56 Å². The highest BCUT2D eigenvalue weighted by atomic mass is 19.1. The number of ether oxygens (including phenoxy) is 1. The van der Waals surface area contributed by atoms with Gasteiger partial charge in [0.25, 0.3) is 0 Å². The van der Waals surface area contributed by atoms with Gasteiger partial charge in [-0.15, -0.1) is 0 Å². The van der Waals surface area contributed by atoms with Gasteiger partial charge in [-0.2, -0.15) is 0 Å². The largest absolute Gasteiger partial charge is 0.497 e. The Labute approximate surface area is 115 Å². The number of hydrogen-bond donors (Lipinski definition) is 1. The van der Waals surface area contributed by atoms with E-state index in [2.05, 4.69) is 4.98 Å². The molecule has 0 atom stereocenters. The molecule has 0 aliphatic heterocycles. The number of halogens is 1. The minimum atomic E-state index is -0.284. The molecule has 1 heterocycles. The van der Waals surface area contributed by atoms with Crippen LogP contribution in [-0.4, -0.2) is 16.7 Å². The normalized spacial score (nSPS) is 10.9. The van der Waals surface area contributed by atoms with Crippen molar-refractivity contribution in [3.05, 3.63) is 47.8 Å². The second-order valence-electron chi connectivity index (χ2n) is 4.60. The second-order valence-corrected chi connectivity index (χ2v) is 4.60. The van der Waals surface area contributed by atoms with E-state index in [1.54, 1.807) is 24.7 Å². The molecule has 0 radical (unpaired) electrons. The van der Waals surface area contributed by atoms with Gasteiger partial charge in [-0.05, 0) is 30.7 Å². The minimum Gasteiger partial charge on any atom is -0.497 e. The van der Waals surface area contributed by atoms with Gasteiger partial charge in [0.15, 0.2) is 0 Å². The van der Waals surface area contributed by atoms with Crippen LogP contribution in [0, 0.1) is 12.7 Å². The summed E-state index contributed by atoms with van der Waals surface area (Å²) in [5.41, 5.74) is 8.66. The van der Waals surface area contributed by atoms with E-state index in [1.165, 1.54) is 6.07 Å². The molecule has 1 aromatic heterocycles. The van der Waals surface area contributed by atoms with Crippen molar-refractivity contribution in [2.24, 2.45) is 0 Å². The Morgan fingerprint density at radius 3 is 2.80 bits per heavy atom. The first-order valence-corrected chi connectivity index (χ1v) is 6.18. The molecule has 5 heteroatoms. The summed E-state index contributed by atoms with van der Waals surface area (Å²) in [7, 11) is 1.61. The Morgan fingerprint density at radius 1 is 1.25 bits per heavy atom. The van der Waals surface area contributed by atoms with E-state index in [0.29, 0.717) is 17.0 Å². The molecule has 20 heavy (non-hydrogen) atoms. The third-order valence-corrected chi connectivity index (χ3v) is 3.27. The zero-order valence-corrected chi connectivity index (χ0v) is 11.2. The van der Waals surface area contributed by atoms with Gasteiger partial charge in [0, 0.05) is 12.1 Å². The summed E-state index contributed by atoms with van der Waals surface area (Å²) in [6.45, 7) is 1.72. The highest BCUT2D eigenvalue weighted by Gasteiger charge is 2.12. The topological polar surface area (TPSA) is 53.1 Å². The zero-order chi connectivity index (χ0) is 14.3. The lowest BCUT2D eigenvalue weighted by molar-refractivity contribution is 0.414. The molecule has 0 aliphatic rings. The third-order valence-electron chi connectivity index (χ3n) is 3.27. The number of hydrogen-bond acceptors (Lipinski definition) is 3. The number of methoxy groups -OCH3 is 1. The molecule has 0 amide bonds. The number of aryl methyl sites for hydroxylation is 1. The summed E-state index contributed by atoms with van der Waals surface area (Å²) in [6, 6.07) is 10.6. The standard InChI is InChI=1S/C15H14FN3O/c1-9-6-14-13(8-12(9)16)18-15(17)19(14)10-4-3-5-11(7-10)20-2/h3-8H,1-2H3,(H2,17,18). The maximum atomic E-state index is 13.6. The van der Waals surface area contributed by atoms with Crippen LogP contribution in [0.2, 0.25) is 0 Å². The maximum absolute atomic E-state index is 13.6. The molecule has 0 saturated carbocycles. The summed E-state index contributed by atoms with van der Waals surface area (Å²) in [5, 5.41) is 0. The lowest BCUT2D eigenvalue weighted by Crippen LogP contribution is -2.01. The molecule has 0 fully saturated rings. The third kappa shape index (κ3) is 1.87. The lowest BCUT2D eigenvalue weighted by Gasteiger charge is -2.08. The Morgan fingerprint density at radius 2 is 2.05 bits per heavy atom. The summed E-state index contributed by atoms with van der Waals surface area (Å²) < 4.78 is 20.6.